The molecule has 4 amide bonds. The van der Waals surface area contributed by atoms with Crippen molar-refractivity contribution in [3.8, 4) is 67.8 Å². The van der Waals surface area contributed by atoms with Crippen LogP contribution in [0.3, 0.4) is 0 Å². The number of H-pyrrole nitrogens is 2. The van der Waals surface area contributed by atoms with Crippen LogP contribution >= 0.6 is 31.9 Å². The molecule has 4 aromatic carbocycles. The molecule has 4 saturated heterocycles. The summed E-state index contributed by atoms with van der Waals surface area (Å²) in [5, 5.41) is 0. The molecule has 22 nitrogen and oxygen atoms in total. The van der Waals surface area contributed by atoms with E-state index in [2.05, 4.69) is 84.3 Å². The highest BCUT2D eigenvalue weighted by molar-refractivity contribution is 9.11. The summed E-state index contributed by atoms with van der Waals surface area (Å²) in [4.78, 5) is 85.4. The number of nitrogens with zero attached hydrogens (tertiary/aromatic N) is 8. The quantitative estimate of drug-likeness (QED) is 0.106. The van der Waals surface area contributed by atoms with Gasteiger partial charge in [-0.2, -0.15) is 0 Å². The van der Waals surface area contributed by atoms with E-state index in [1.54, 1.807) is 9.80 Å². The van der Waals surface area contributed by atoms with Crippen molar-refractivity contribution < 1.29 is 57.1 Å². The van der Waals surface area contributed by atoms with Crippen LogP contribution in [0.5, 0.6) is 23.0 Å². The number of rotatable bonds is 8. The van der Waals surface area contributed by atoms with Gasteiger partial charge in [0.05, 0.1) is 36.1 Å². The van der Waals surface area contributed by atoms with Gasteiger partial charge >= 0.3 is 24.4 Å². The minimum atomic E-state index is -0.573. The van der Waals surface area contributed by atoms with Gasteiger partial charge in [-0.25, -0.2) is 34.1 Å². The number of aliphatic imine (C=N–C) groups is 2. The largest absolute Gasteiger partial charge is 0.488 e. The van der Waals surface area contributed by atoms with Gasteiger partial charge in [-0.05, 0) is 237 Å². The van der Waals surface area contributed by atoms with Gasteiger partial charge < -0.3 is 47.9 Å². The van der Waals surface area contributed by atoms with E-state index in [9.17, 15) is 19.2 Å². The number of allylic oxidation sites excluding steroid dienone is 2. The van der Waals surface area contributed by atoms with Crippen molar-refractivity contribution in [3.05, 3.63) is 115 Å². The number of carbonyl (C=O) groups is 4. The number of ether oxygens (including phenoxy) is 8. The molecule has 0 aliphatic carbocycles. The summed E-state index contributed by atoms with van der Waals surface area (Å²) in [6.07, 6.45) is 10.9. The van der Waals surface area contributed by atoms with Crippen molar-refractivity contribution in [2.45, 2.75) is 220 Å². The standard InChI is InChI=1S/C39H43Br2N5O6.C39H45N5O6/c1-38(2,3)51-36(47)45-11-7-9-26(45)25-17-24(33(40)42-25)20-13-22-18-50-29-16-21(14-23-19-49-28(15-20)30(22)31(23)29)32-34(41)44-35(43-32)27-10-8-12-46(27)37(48)52-39(4,5)6;1-38(2,3)49-36(45)43-11-7-9-29(43)27-15-24(18-40-27)22-13-25-20-48-32-17-23(14-26-21-47-31(16-22)33(25)34(26)32)28-19-41-35(42-28)30-10-8-12-44(30)37(46)50-39(4,5)6/h13-16,26-27H,7-12,17-19H2,1-6H3,(H,43,44);13-14,16-19,29-30H,7-12,15,20-21H2,1-6H3,(H,41,42)/t26-,27-;29-,30-/m00/s1. The summed E-state index contributed by atoms with van der Waals surface area (Å²) in [5.74, 6) is 4.76. The third kappa shape index (κ3) is 13.7. The van der Waals surface area contributed by atoms with Crippen molar-refractivity contribution in [1.29, 1.82) is 0 Å². The average molecular weight is 1520 g/mol. The van der Waals surface area contributed by atoms with Crippen LogP contribution < -0.4 is 18.9 Å². The summed E-state index contributed by atoms with van der Waals surface area (Å²) in [7, 11) is 0. The van der Waals surface area contributed by atoms with Gasteiger partial charge in [0.1, 0.15) is 98.4 Å². The van der Waals surface area contributed by atoms with E-state index in [4.69, 9.17) is 57.8 Å². The topological polar surface area (TPSA) is 237 Å². The zero-order valence-electron chi connectivity index (χ0n) is 60.0. The first-order valence-corrected chi connectivity index (χ1v) is 37.2. The van der Waals surface area contributed by atoms with Crippen LogP contribution in [0.15, 0.2) is 80.1 Å². The fourth-order valence-corrected chi connectivity index (χ4v) is 16.7. The highest BCUT2D eigenvalue weighted by Crippen LogP contribution is 2.54. The molecule has 4 fully saturated rings. The lowest BCUT2D eigenvalue weighted by atomic mass is 9.86. The number of hydrogen-bond donors (Lipinski definition) is 2. The number of likely N-dealkylation sites (tertiary alicyclic amines) is 4. The molecule has 536 valence electrons. The maximum atomic E-state index is 13.0. The predicted octanol–water partition coefficient (Wildman–Crippen LogP) is 17.9. The van der Waals surface area contributed by atoms with E-state index >= 15 is 0 Å². The van der Waals surface area contributed by atoms with Gasteiger partial charge in [-0.15, -0.1) is 0 Å². The fourth-order valence-electron chi connectivity index (χ4n) is 15.6. The number of amides is 4. The zero-order valence-corrected chi connectivity index (χ0v) is 63.2. The molecule has 10 aliphatic heterocycles. The molecule has 2 N–H and O–H groups in total. The molecule has 4 atom stereocenters. The predicted molar refractivity (Wildman–Crippen MR) is 394 cm³/mol. The zero-order chi connectivity index (χ0) is 71.6. The molecule has 24 heteroatoms. The third-order valence-corrected chi connectivity index (χ3v) is 21.1. The van der Waals surface area contributed by atoms with Gasteiger partial charge in [-0.3, -0.25) is 24.6 Å². The molecule has 2 aromatic heterocycles. The molecule has 102 heavy (non-hydrogen) atoms. The van der Waals surface area contributed by atoms with Crippen LogP contribution in [0.4, 0.5) is 19.2 Å². The number of aromatic nitrogens is 4. The first-order chi connectivity index (χ1) is 48.4. The summed E-state index contributed by atoms with van der Waals surface area (Å²) in [5.41, 5.74) is 15.9. The van der Waals surface area contributed by atoms with E-state index < -0.39 is 22.4 Å². The van der Waals surface area contributed by atoms with Crippen LogP contribution in [-0.2, 0) is 45.4 Å². The Hall–Kier alpha value is -8.64. The van der Waals surface area contributed by atoms with E-state index in [1.807, 2.05) is 111 Å². The Kier molecular flexibility index (Phi) is 17.8. The van der Waals surface area contributed by atoms with Crippen molar-refractivity contribution in [2.75, 3.05) is 26.2 Å². The van der Waals surface area contributed by atoms with E-state index in [0.29, 0.717) is 65.4 Å². The van der Waals surface area contributed by atoms with Gasteiger partial charge in [0.25, 0.3) is 0 Å². The SMILES string of the molecule is CC(C)(C)OC(=O)N1CCC[C@H]1C1=NC(Br)=C(c2cc3c4c(c2)OCc2cc(-c5nc([C@@H]6CCCN6C(=O)OC(C)(C)C)[nH]c5Br)cc(c2-4)OC3)C1.CC(C)(C)OC(=O)N1CCC[C@H]1C1=NC=C(c2cc3c4c(c2)OCc2cc(-c5cnc([C@@H]6CCCN6C(=O)OC(C)(C)C)[nH]5)cc(c2-4)OC3)C1. The van der Waals surface area contributed by atoms with E-state index in [-0.39, 0.29) is 48.5 Å². The highest BCUT2D eigenvalue weighted by atomic mass is 79.9. The first-order valence-electron chi connectivity index (χ1n) is 35.7. The van der Waals surface area contributed by atoms with Crippen molar-refractivity contribution >= 4 is 78.8 Å². The number of benzene rings is 4. The van der Waals surface area contributed by atoms with Gasteiger partial charge in [0.2, 0.25) is 0 Å². The second-order valence-corrected chi connectivity index (χ2v) is 33.5. The molecular weight excluding hydrogens is 1430 g/mol. The maximum absolute atomic E-state index is 13.0. The number of halogens is 2. The molecule has 6 aromatic rings. The monoisotopic (exact) mass is 1510 g/mol. The molecular formula is C78H88Br2N10O12. The Bertz CT molecular complexity index is 4480. The fraction of sp³-hybridized carbons (Fsp3) is 0.487. The maximum Gasteiger partial charge on any atom is 0.410 e. The Balaban J connectivity index is 0.000000165. The second kappa shape index (κ2) is 26.3. The van der Waals surface area contributed by atoms with Crippen LogP contribution in [0.1, 0.15) is 204 Å². The van der Waals surface area contributed by atoms with Crippen LogP contribution in [0.2, 0.25) is 0 Å². The van der Waals surface area contributed by atoms with Gasteiger partial charge in [-0.1, -0.05) is 0 Å². The number of carbonyl (C=O) groups excluding carboxylic acids is 4. The van der Waals surface area contributed by atoms with Crippen LogP contribution in [-0.4, -0.2) is 136 Å². The molecule has 10 aliphatic rings. The van der Waals surface area contributed by atoms with E-state index in [0.717, 1.165) is 196 Å². The summed E-state index contributed by atoms with van der Waals surface area (Å²) >= 11 is 7.45. The van der Waals surface area contributed by atoms with E-state index in [1.165, 1.54) is 0 Å². The Labute approximate surface area is 611 Å². The number of nitrogens with one attached hydrogen (secondary N) is 2. The molecule has 0 unspecified atom stereocenters. The number of hydrogen-bond acceptors (Lipinski definition) is 16. The Morgan fingerprint density at radius 2 is 0.863 bits per heavy atom. The van der Waals surface area contributed by atoms with Crippen molar-refractivity contribution in [3.63, 3.8) is 0 Å². The molecule has 0 spiro atoms. The molecule has 0 bridgehead atoms. The van der Waals surface area contributed by atoms with Gasteiger partial charge in [0.15, 0.2) is 0 Å². The minimum absolute atomic E-state index is 0.0502. The number of imidazole rings is 2. The third-order valence-electron chi connectivity index (χ3n) is 19.9. The van der Waals surface area contributed by atoms with Crippen molar-refractivity contribution in [2.24, 2.45) is 9.98 Å². The Morgan fingerprint density at radius 3 is 1.34 bits per heavy atom. The van der Waals surface area contributed by atoms with Gasteiger partial charge in [0, 0.05) is 112 Å². The normalized spacial score (nSPS) is 20.9. The lowest BCUT2D eigenvalue weighted by Crippen LogP contribution is -2.43. The van der Waals surface area contributed by atoms with Crippen LogP contribution in [0.25, 0.3) is 55.9 Å². The Morgan fingerprint density at radius 1 is 0.471 bits per heavy atom. The highest BCUT2D eigenvalue weighted by Gasteiger charge is 2.43. The number of aromatic amines is 2. The lowest BCUT2D eigenvalue weighted by molar-refractivity contribution is 0.0208. The molecule has 0 radical (unpaired) electrons. The molecule has 16 rings (SSSR count). The smallest absolute Gasteiger partial charge is 0.410 e. The summed E-state index contributed by atoms with van der Waals surface area (Å²) < 4.78 is 50.0. The molecule has 0 saturated carbocycles. The first kappa shape index (κ1) is 69.1. The molecule has 12 heterocycles. The summed E-state index contributed by atoms with van der Waals surface area (Å²) in [6.45, 7) is 26.9. The average Bonchev–Trinajstić information content (AvgIpc) is 0.880. The second-order valence-electron chi connectivity index (χ2n) is 32.0. The lowest BCUT2D eigenvalue weighted by Gasteiger charge is -2.30. The van der Waals surface area contributed by atoms with Crippen molar-refractivity contribution in [1.82, 2.24) is 39.5 Å². The minimum Gasteiger partial charge on any atom is -0.488 e. The summed E-state index contributed by atoms with van der Waals surface area (Å²) in [6, 6.07) is 16.5. The van der Waals surface area contributed by atoms with Crippen LogP contribution in [0, 0.1) is 0 Å².